The van der Waals surface area contributed by atoms with E-state index in [0.29, 0.717) is 22.2 Å². The number of carbonyl (C=O) groups is 2. The van der Waals surface area contributed by atoms with Crippen molar-refractivity contribution in [1.29, 1.82) is 0 Å². The average Bonchev–Trinajstić information content (AvgIpc) is 3.26. The summed E-state index contributed by atoms with van der Waals surface area (Å²) in [4.78, 5) is 28.3. The van der Waals surface area contributed by atoms with Gasteiger partial charge >= 0.3 is 0 Å². The predicted molar refractivity (Wildman–Crippen MR) is 155 cm³/mol. The minimum absolute atomic E-state index is 0.0328. The van der Waals surface area contributed by atoms with E-state index >= 15 is 0 Å². The van der Waals surface area contributed by atoms with Crippen LogP contribution in [0, 0.1) is 5.82 Å². The van der Waals surface area contributed by atoms with Gasteiger partial charge in [0, 0.05) is 22.2 Å². The molecule has 2 atom stereocenters. The fourth-order valence-electron chi connectivity index (χ4n) is 4.59. The summed E-state index contributed by atoms with van der Waals surface area (Å²) < 4.78 is 15.5. The van der Waals surface area contributed by atoms with Crippen LogP contribution < -0.4 is 10.2 Å². The second kappa shape index (κ2) is 11.6. The van der Waals surface area contributed by atoms with Gasteiger partial charge in [0.15, 0.2) is 0 Å². The smallest absolute Gasteiger partial charge is 0.240 e. The van der Waals surface area contributed by atoms with Gasteiger partial charge in [-0.15, -0.1) is 11.8 Å². The number of anilines is 1. The number of rotatable bonds is 7. The van der Waals surface area contributed by atoms with Gasteiger partial charge in [-0.25, -0.2) is 9.07 Å². The van der Waals surface area contributed by atoms with Gasteiger partial charge in [0.05, 0.1) is 22.4 Å². The van der Waals surface area contributed by atoms with E-state index in [1.54, 1.807) is 16.8 Å². The molecule has 3 aromatic carbocycles. The minimum atomic E-state index is -0.381. The van der Waals surface area contributed by atoms with Crippen LogP contribution in [0.25, 0.3) is 16.9 Å². The van der Waals surface area contributed by atoms with Crippen molar-refractivity contribution in [3.05, 3.63) is 101 Å². The zero-order valence-corrected chi connectivity index (χ0v) is 23.2. The second-order valence-electron chi connectivity index (χ2n) is 9.44. The van der Waals surface area contributed by atoms with E-state index in [9.17, 15) is 14.0 Å². The molecule has 6 nitrogen and oxygen atoms in total. The third-order valence-electron chi connectivity index (χ3n) is 6.68. The summed E-state index contributed by atoms with van der Waals surface area (Å²) >= 11 is 7.87. The van der Waals surface area contributed by atoms with Crippen molar-refractivity contribution in [1.82, 2.24) is 15.1 Å². The van der Waals surface area contributed by atoms with Crippen molar-refractivity contribution in [3.8, 4) is 16.9 Å². The van der Waals surface area contributed by atoms with Crippen LogP contribution in [0.5, 0.6) is 0 Å². The summed E-state index contributed by atoms with van der Waals surface area (Å²) in [6, 6.07) is 23.2. The number of fused-ring (bicyclic) bond motifs is 1. The molecule has 0 unspecified atom stereocenters. The lowest BCUT2D eigenvalue weighted by atomic mass is 9.99. The Kier molecular flexibility index (Phi) is 8.04. The lowest BCUT2D eigenvalue weighted by molar-refractivity contribution is -0.123. The van der Waals surface area contributed by atoms with Crippen molar-refractivity contribution in [2.24, 2.45) is 0 Å². The lowest BCUT2D eigenvalue weighted by Gasteiger charge is -2.24. The molecule has 39 heavy (non-hydrogen) atoms. The molecule has 5 rings (SSSR count). The maximum atomic E-state index is 13.9. The van der Waals surface area contributed by atoms with E-state index in [1.165, 1.54) is 28.8 Å². The molecule has 0 saturated heterocycles. The molecule has 0 saturated carbocycles. The van der Waals surface area contributed by atoms with Gasteiger partial charge in [-0.3, -0.25) is 14.5 Å². The summed E-state index contributed by atoms with van der Waals surface area (Å²) in [5.74, 6) is -0.218. The third kappa shape index (κ3) is 5.72. The van der Waals surface area contributed by atoms with Crippen molar-refractivity contribution in [2.45, 2.75) is 31.6 Å². The molecule has 0 spiro atoms. The maximum Gasteiger partial charge on any atom is 0.240 e. The molecule has 1 aromatic heterocycles. The number of nitrogens with one attached hydrogen (secondary N) is 1. The monoisotopic (exact) mass is 562 g/mol. The Bertz CT molecular complexity index is 1490. The SMILES string of the molecule is CC[C@H](C)NC(=O)CN1C(=O)CS[C@@H](c2cccc(Cl)c2)c2c(-c3ccccc3)nn(-c3ccc(F)cc3)c21. The minimum Gasteiger partial charge on any atom is -0.352 e. The molecule has 0 aliphatic carbocycles. The summed E-state index contributed by atoms with van der Waals surface area (Å²) in [5.41, 5.74) is 3.82. The van der Waals surface area contributed by atoms with Gasteiger partial charge in [0.25, 0.3) is 0 Å². The fourth-order valence-corrected chi connectivity index (χ4v) is 5.98. The summed E-state index contributed by atoms with van der Waals surface area (Å²) in [6.07, 6.45) is 0.767. The van der Waals surface area contributed by atoms with E-state index in [2.05, 4.69) is 5.32 Å². The molecule has 1 aliphatic rings. The van der Waals surface area contributed by atoms with Crippen LogP contribution in [0.1, 0.15) is 36.6 Å². The van der Waals surface area contributed by atoms with Gasteiger partial charge < -0.3 is 5.32 Å². The quantitative estimate of drug-likeness (QED) is 0.282. The second-order valence-corrected chi connectivity index (χ2v) is 11.0. The Morgan fingerprint density at radius 1 is 1.13 bits per heavy atom. The number of aromatic nitrogens is 2. The first-order valence-electron chi connectivity index (χ1n) is 12.8. The van der Waals surface area contributed by atoms with Crippen LogP contribution in [0.15, 0.2) is 78.9 Å². The Balaban J connectivity index is 1.77. The molecule has 0 fully saturated rings. The molecule has 9 heteroatoms. The molecular weight excluding hydrogens is 535 g/mol. The lowest BCUT2D eigenvalue weighted by Crippen LogP contribution is -2.44. The number of nitrogens with zero attached hydrogens (tertiary/aromatic N) is 3. The molecule has 2 amide bonds. The number of thioether (sulfide) groups is 1. The number of carbonyl (C=O) groups excluding carboxylic acids is 2. The van der Waals surface area contributed by atoms with Gasteiger partial charge in [-0.1, -0.05) is 61.0 Å². The van der Waals surface area contributed by atoms with E-state index in [0.717, 1.165) is 23.1 Å². The van der Waals surface area contributed by atoms with Crippen molar-refractivity contribution in [2.75, 3.05) is 17.2 Å². The molecule has 0 radical (unpaired) electrons. The Morgan fingerprint density at radius 3 is 2.56 bits per heavy atom. The van der Waals surface area contributed by atoms with Gasteiger partial charge in [0.2, 0.25) is 11.8 Å². The van der Waals surface area contributed by atoms with Gasteiger partial charge in [0.1, 0.15) is 18.2 Å². The number of benzene rings is 3. The van der Waals surface area contributed by atoms with Gasteiger partial charge in [-0.2, -0.15) is 5.10 Å². The van der Waals surface area contributed by atoms with Crippen LogP contribution in [-0.4, -0.2) is 39.9 Å². The highest BCUT2D eigenvalue weighted by atomic mass is 35.5. The van der Waals surface area contributed by atoms with Crippen LogP contribution in [0.2, 0.25) is 5.02 Å². The van der Waals surface area contributed by atoms with E-state index in [1.807, 2.05) is 68.4 Å². The average molecular weight is 563 g/mol. The molecule has 0 bridgehead atoms. The van der Waals surface area contributed by atoms with E-state index < -0.39 is 0 Å². The molecule has 1 N–H and O–H groups in total. The predicted octanol–water partition coefficient (Wildman–Crippen LogP) is 6.42. The highest BCUT2D eigenvalue weighted by Gasteiger charge is 2.37. The Morgan fingerprint density at radius 2 is 1.87 bits per heavy atom. The van der Waals surface area contributed by atoms with Gasteiger partial charge in [-0.05, 0) is 55.3 Å². The zero-order chi connectivity index (χ0) is 27.5. The van der Waals surface area contributed by atoms with Crippen LogP contribution >= 0.6 is 23.4 Å². The first-order valence-corrected chi connectivity index (χ1v) is 14.2. The van der Waals surface area contributed by atoms with Crippen molar-refractivity contribution in [3.63, 3.8) is 0 Å². The normalized spacial score (nSPS) is 15.9. The summed E-state index contributed by atoms with van der Waals surface area (Å²) in [7, 11) is 0. The molecular formula is C30H28ClFN4O2S. The van der Waals surface area contributed by atoms with E-state index in [-0.39, 0.29) is 41.2 Å². The molecule has 1 aliphatic heterocycles. The van der Waals surface area contributed by atoms with E-state index in [4.69, 9.17) is 16.7 Å². The fraction of sp³-hybridized carbons (Fsp3) is 0.233. The largest absolute Gasteiger partial charge is 0.352 e. The summed E-state index contributed by atoms with van der Waals surface area (Å²) in [5, 5.41) is 8.25. The molecule has 200 valence electrons. The zero-order valence-electron chi connectivity index (χ0n) is 21.6. The molecule has 2 heterocycles. The first-order chi connectivity index (χ1) is 18.9. The third-order valence-corrected chi connectivity index (χ3v) is 8.17. The summed E-state index contributed by atoms with van der Waals surface area (Å²) in [6.45, 7) is 3.75. The first kappa shape index (κ1) is 27.0. The maximum absolute atomic E-state index is 13.9. The number of hydrogen-bond acceptors (Lipinski definition) is 4. The standard InChI is InChI=1S/C30H28ClFN4O2S/c1-3-19(2)33-25(37)17-35-26(38)18-39-29(21-10-7-11-22(31)16-21)27-28(20-8-5-4-6-9-20)34-36(30(27)35)24-14-12-23(32)13-15-24/h4-16,19,29H,3,17-18H2,1-2H3,(H,33,37)/t19-,29-/m0/s1. The van der Waals surface area contributed by atoms with Crippen LogP contribution in [-0.2, 0) is 9.59 Å². The van der Waals surface area contributed by atoms with Crippen LogP contribution in [0.3, 0.4) is 0 Å². The number of hydrogen-bond donors (Lipinski definition) is 1. The van der Waals surface area contributed by atoms with Crippen molar-refractivity contribution < 1.29 is 14.0 Å². The topological polar surface area (TPSA) is 67.2 Å². The molecule has 4 aromatic rings. The van der Waals surface area contributed by atoms with Crippen LogP contribution in [0.4, 0.5) is 10.2 Å². The Hall–Kier alpha value is -3.62. The van der Waals surface area contributed by atoms with Crippen molar-refractivity contribution >= 4 is 41.0 Å². The highest BCUT2D eigenvalue weighted by molar-refractivity contribution is 8.00. The number of halogens is 2. The number of amides is 2. The highest BCUT2D eigenvalue weighted by Crippen LogP contribution is 2.48. The Labute approximate surface area is 236 Å².